The Morgan fingerprint density at radius 2 is 2.14 bits per heavy atom. The Bertz CT molecular complexity index is 635. The van der Waals surface area contributed by atoms with Gasteiger partial charge >= 0.3 is 12.5 Å². The third-order valence-corrected chi connectivity index (χ3v) is 2.89. The number of imidazole rings is 1. The van der Waals surface area contributed by atoms with Crippen LogP contribution < -0.4 is 0 Å². The summed E-state index contributed by atoms with van der Waals surface area (Å²) in [5.41, 5.74) is 0.250. The molecule has 1 N–H and O–H groups in total. The molecule has 0 unspecified atom stereocenters. The predicted octanol–water partition coefficient (Wildman–Crippen LogP) is 1.81. The van der Waals surface area contributed by atoms with E-state index in [4.69, 9.17) is 5.11 Å². The lowest BCUT2D eigenvalue weighted by Gasteiger charge is -2.10. The molecule has 0 radical (unpaired) electrons. The van der Waals surface area contributed by atoms with Gasteiger partial charge in [-0.15, -0.1) is 5.10 Å². The molecule has 2 heterocycles. The average Bonchev–Trinajstić information content (AvgIpc) is 2.97. The molecule has 21 heavy (non-hydrogen) atoms. The van der Waals surface area contributed by atoms with Crippen molar-refractivity contribution in [1.82, 2.24) is 24.5 Å². The summed E-state index contributed by atoms with van der Waals surface area (Å²) in [6.45, 7) is 1.07. The van der Waals surface area contributed by atoms with Gasteiger partial charge < -0.3 is 5.11 Å². The van der Waals surface area contributed by atoms with E-state index in [1.54, 1.807) is 0 Å². The number of nitrogens with zero attached hydrogens (tertiary/aromatic N) is 5. The largest absolute Gasteiger partial charge is 0.476 e. The van der Waals surface area contributed by atoms with Gasteiger partial charge in [0, 0.05) is 12.4 Å². The van der Waals surface area contributed by atoms with Crippen molar-refractivity contribution in [2.24, 2.45) is 5.92 Å². The lowest BCUT2D eigenvalue weighted by Crippen LogP contribution is -2.15. The first-order valence-electron chi connectivity index (χ1n) is 6.35. The molecule has 0 amide bonds. The minimum atomic E-state index is -2.71. The zero-order valence-corrected chi connectivity index (χ0v) is 11.6. The van der Waals surface area contributed by atoms with E-state index in [1.807, 2.05) is 13.8 Å². The Kier molecular flexibility index (Phi) is 4.29. The number of carbonyl (C=O) groups is 1. The van der Waals surface area contributed by atoms with Crippen LogP contribution in [0.1, 0.15) is 42.4 Å². The van der Waals surface area contributed by atoms with Gasteiger partial charge in [0.15, 0.2) is 5.69 Å². The molecule has 0 fully saturated rings. The van der Waals surface area contributed by atoms with Gasteiger partial charge in [-0.05, 0) is 12.3 Å². The summed E-state index contributed by atoms with van der Waals surface area (Å²) in [6, 6.07) is 0. The van der Waals surface area contributed by atoms with Gasteiger partial charge in [0.05, 0.1) is 5.69 Å². The number of rotatable bonds is 6. The van der Waals surface area contributed by atoms with E-state index < -0.39 is 12.5 Å². The highest BCUT2D eigenvalue weighted by Gasteiger charge is 2.21. The standard InChI is InChI=1S/C12H15F2N5O2/c1-7(2)5-8-10(11(20)21)16-17-19(8)6-9-15-3-4-18(9)12(13)14/h3-4,7,12H,5-6H2,1-2H3,(H,20,21). The number of carboxylic acids is 1. The number of alkyl halides is 2. The van der Waals surface area contributed by atoms with Crippen LogP contribution >= 0.6 is 0 Å². The van der Waals surface area contributed by atoms with E-state index in [0.717, 1.165) is 6.20 Å². The Hall–Kier alpha value is -2.32. The molecule has 0 saturated carbocycles. The van der Waals surface area contributed by atoms with E-state index in [1.165, 1.54) is 10.9 Å². The molecule has 0 aromatic carbocycles. The lowest BCUT2D eigenvalue weighted by atomic mass is 10.1. The summed E-state index contributed by atoms with van der Waals surface area (Å²) in [6.07, 6.45) is 2.86. The number of aromatic nitrogens is 5. The zero-order chi connectivity index (χ0) is 15.6. The van der Waals surface area contributed by atoms with E-state index in [-0.39, 0.29) is 24.0 Å². The molecule has 114 valence electrons. The van der Waals surface area contributed by atoms with Crippen molar-refractivity contribution in [2.75, 3.05) is 0 Å². The van der Waals surface area contributed by atoms with Crippen molar-refractivity contribution in [1.29, 1.82) is 0 Å². The molecule has 0 bridgehead atoms. The fourth-order valence-corrected chi connectivity index (χ4v) is 1.99. The average molecular weight is 299 g/mol. The van der Waals surface area contributed by atoms with Gasteiger partial charge in [-0.1, -0.05) is 19.1 Å². The maximum Gasteiger partial charge on any atom is 0.358 e. The van der Waals surface area contributed by atoms with E-state index in [9.17, 15) is 13.6 Å². The topological polar surface area (TPSA) is 85.8 Å². The van der Waals surface area contributed by atoms with Gasteiger partial charge in [-0.25, -0.2) is 14.5 Å². The SMILES string of the molecule is CC(C)Cc1c(C(=O)O)nnn1Cc1nccn1C(F)F. The van der Waals surface area contributed by atoms with Crippen molar-refractivity contribution in [3.63, 3.8) is 0 Å². The molecule has 0 aliphatic carbocycles. The highest BCUT2D eigenvalue weighted by molar-refractivity contribution is 5.86. The summed E-state index contributed by atoms with van der Waals surface area (Å²) in [4.78, 5) is 15.0. The lowest BCUT2D eigenvalue weighted by molar-refractivity contribution is 0.0661. The van der Waals surface area contributed by atoms with Crippen molar-refractivity contribution in [3.05, 3.63) is 29.6 Å². The van der Waals surface area contributed by atoms with Crippen molar-refractivity contribution in [3.8, 4) is 0 Å². The normalized spacial score (nSPS) is 11.5. The zero-order valence-electron chi connectivity index (χ0n) is 11.6. The fraction of sp³-hybridized carbons (Fsp3) is 0.500. The van der Waals surface area contributed by atoms with Crippen LogP contribution in [0, 0.1) is 5.92 Å². The van der Waals surface area contributed by atoms with Crippen LogP contribution in [-0.2, 0) is 13.0 Å². The molecule has 0 spiro atoms. The highest BCUT2D eigenvalue weighted by atomic mass is 19.3. The monoisotopic (exact) mass is 299 g/mol. The molecule has 0 saturated heterocycles. The minimum Gasteiger partial charge on any atom is -0.476 e. The van der Waals surface area contributed by atoms with Gasteiger partial charge in [0.2, 0.25) is 0 Å². The Balaban J connectivity index is 2.35. The maximum atomic E-state index is 12.8. The van der Waals surface area contributed by atoms with Crippen LogP contribution in [0.3, 0.4) is 0 Å². The maximum absolute atomic E-state index is 12.8. The van der Waals surface area contributed by atoms with Crippen LogP contribution in [0.25, 0.3) is 0 Å². The van der Waals surface area contributed by atoms with Gasteiger partial charge in [-0.3, -0.25) is 4.57 Å². The first kappa shape index (κ1) is 15.1. The highest BCUT2D eigenvalue weighted by Crippen LogP contribution is 2.16. The van der Waals surface area contributed by atoms with Crippen molar-refractivity contribution in [2.45, 2.75) is 33.4 Å². The third-order valence-electron chi connectivity index (χ3n) is 2.89. The number of aromatic carboxylic acids is 1. The summed E-state index contributed by atoms with van der Waals surface area (Å²) in [5, 5.41) is 16.5. The van der Waals surface area contributed by atoms with Crippen LogP contribution in [-0.4, -0.2) is 35.6 Å². The molecule has 0 aliphatic heterocycles. The molecule has 2 aromatic rings. The van der Waals surface area contributed by atoms with Crippen molar-refractivity contribution >= 4 is 5.97 Å². The quantitative estimate of drug-likeness (QED) is 0.879. The van der Waals surface area contributed by atoms with Crippen LogP contribution in [0.4, 0.5) is 8.78 Å². The number of hydrogen-bond acceptors (Lipinski definition) is 4. The predicted molar refractivity (Wildman–Crippen MR) is 68.1 cm³/mol. The third kappa shape index (κ3) is 3.23. The Labute approximate surface area is 119 Å². The second kappa shape index (κ2) is 5.98. The van der Waals surface area contributed by atoms with E-state index >= 15 is 0 Å². The summed E-state index contributed by atoms with van der Waals surface area (Å²) < 4.78 is 27.6. The second-order valence-electron chi connectivity index (χ2n) is 4.97. The first-order valence-corrected chi connectivity index (χ1v) is 6.35. The molecule has 2 rings (SSSR count). The molecule has 9 heteroatoms. The van der Waals surface area contributed by atoms with Crippen LogP contribution in [0.15, 0.2) is 12.4 Å². The molecule has 0 atom stereocenters. The van der Waals surface area contributed by atoms with Gasteiger partial charge in [0.25, 0.3) is 0 Å². The summed E-state index contributed by atoms with van der Waals surface area (Å²) in [7, 11) is 0. The Morgan fingerprint density at radius 1 is 1.43 bits per heavy atom. The van der Waals surface area contributed by atoms with Crippen LogP contribution in [0.2, 0.25) is 0 Å². The molecule has 7 nitrogen and oxygen atoms in total. The van der Waals surface area contributed by atoms with Crippen LogP contribution in [0.5, 0.6) is 0 Å². The Morgan fingerprint density at radius 3 is 2.71 bits per heavy atom. The second-order valence-corrected chi connectivity index (χ2v) is 4.97. The number of halogens is 2. The van der Waals surface area contributed by atoms with E-state index in [2.05, 4.69) is 15.3 Å². The number of carboxylic acid groups (broad SMARTS) is 1. The van der Waals surface area contributed by atoms with Gasteiger partial charge in [0.1, 0.15) is 12.4 Å². The summed E-state index contributed by atoms with van der Waals surface area (Å²) >= 11 is 0. The first-order chi connectivity index (χ1) is 9.90. The molecular weight excluding hydrogens is 284 g/mol. The smallest absolute Gasteiger partial charge is 0.358 e. The minimum absolute atomic E-state index is 0.0559. The molecule has 2 aromatic heterocycles. The van der Waals surface area contributed by atoms with Gasteiger partial charge in [-0.2, -0.15) is 8.78 Å². The van der Waals surface area contributed by atoms with Crippen molar-refractivity contribution < 1.29 is 18.7 Å². The molecular formula is C12H15F2N5O2. The summed E-state index contributed by atoms with van der Waals surface area (Å²) in [5.74, 6) is -0.916. The number of hydrogen-bond donors (Lipinski definition) is 1. The van der Waals surface area contributed by atoms with E-state index in [0.29, 0.717) is 16.7 Å². The fourth-order valence-electron chi connectivity index (χ4n) is 1.99. The molecule has 0 aliphatic rings.